The van der Waals surface area contributed by atoms with Crippen LogP contribution in [0.2, 0.25) is 0 Å². The molecule has 3 heteroatoms. The Morgan fingerprint density at radius 3 is 2.89 bits per heavy atom. The van der Waals surface area contributed by atoms with Gasteiger partial charge in [-0.05, 0) is 38.5 Å². The molecule has 0 aromatic carbocycles. The van der Waals surface area contributed by atoms with Crippen LogP contribution in [0.3, 0.4) is 0 Å². The average molecular weight is 248 g/mol. The third kappa shape index (κ3) is 1.04. The highest BCUT2D eigenvalue weighted by Gasteiger charge is 2.76. The fraction of sp³-hybridized carbons (Fsp3) is 0.800. The number of fused-ring (bicyclic) bond motifs is 1. The minimum absolute atomic E-state index is 0.0449. The highest BCUT2D eigenvalue weighted by molar-refractivity contribution is 5.92. The van der Waals surface area contributed by atoms with Crippen LogP contribution in [0.15, 0.2) is 12.2 Å². The zero-order valence-corrected chi connectivity index (χ0v) is 11.1. The summed E-state index contributed by atoms with van der Waals surface area (Å²) in [5, 5.41) is 0. The maximum atomic E-state index is 12.0. The van der Waals surface area contributed by atoms with Crippen LogP contribution in [0.1, 0.15) is 39.5 Å². The van der Waals surface area contributed by atoms with E-state index in [2.05, 4.69) is 20.4 Å². The topological polar surface area (TPSA) is 38.8 Å². The van der Waals surface area contributed by atoms with E-state index in [4.69, 9.17) is 9.47 Å². The summed E-state index contributed by atoms with van der Waals surface area (Å²) >= 11 is 0. The number of epoxide rings is 1. The van der Waals surface area contributed by atoms with Crippen molar-refractivity contribution < 1.29 is 14.3 Å². The van der Waals surface area contributed by atoms with E-state index in [0.29, 0.717) is 17.4 Å². The van der Waals surface area contributed by atoms with Gasteiger partial charge in [-0.1, -0.05) is 13.5 Å². The molecule has 0 aromatic heterocycles. The number of rotatable bonds is 0. The molecule has 98 valence electrons. The van der Waals surface area contributed by atoms with E-state index < -0.39 is 0 Å². The molecule has 6 atom stereocenters. The molecule has 2 aliphatic heterocycles. The Bertz CT molecular complexity index is 457. The van der Waals surface area contributed by atoms with Gasteiger partial charge >= 0.3 is 5.97 Å². The average Bonchev–Trinajstić information content (AvgIpc) is 2.95. The van der Waals surface area contributed by atoms with Crippen LogP contribution in [0.25, 0.3) is 0 Å². The molecule has 18 heavy (non-hydrogen) atoms. The van der Waals surface area contributed by atoms with Crippen molar-refractivity contribution in [2.45, 2.75) is 56.8 Å². The summed E-state index contributed by atoms with van der Waals surface area (Å²) in [7, 11) is 0. The highest BCUT2D eigenvalue weighted by atomic mass is 16.7. The molecular formula is C15H20O3. The van der Waals surface area contributed by atoms with E-state index in [0.717, 1.165) is 19.3 Å². The monoisotopic (exact) mass is 248 g/mol. The van der Waals surface area contributed by atoms with Crippen molar-refractivity contribution in [3.05, 3.63) is 12.2 Å². The van der Waals surface area contributed by atoms with Gasteiger partial charge in [0, 0.05) is 17.4 Å². The maximum absolute atomic E-state index is 12.0. The number of carbonyl (C=O) groups excluding carboxylic acids is 1. The third-order valence-corrected chi connectivity index (χ3v) is 5.92. The van der Waals surface area contributed by atoms with E-state index in [1.54, 1.807) is 0 Å². The Labute approximate surface area is 108 Å². The number of ether oxygens (including phenoxy) is 2. The zero-order valence-electron chi connectivity index (χ0n) is 11.1. The molecule has 3 nitrogen and oxygen atoms in total. The molecule has 0 aromatic rings. The number of hydrogen-bond donors (Lipinski definition) is 0. The van der Waals surface area contributed by atoms with E-state index in [1.807, 2.05) is 0 Å². The summed E-state index contributed by atoms with van der Waals surface area (Å²) in [5.74, 6) is 1.09. The van der Waals surface area contributed by atoms with Gasteiger partial charge in [-0.15, -0.1) is 0 Å². The van der Waals surface area contributed by atoms with Crippen molar-refractivity contribution in [1.29, 1.82) is 0 Å². The Morgan fingerprint density at radius 2 is 2.11 bits per heavy atom. The van der Waals surface area contributed by atoms with E-state index in [-0.39, 0.29) is 29.2 Å². The first kappa shape index (κ1) is 11.0. The van der Waals surface area contributed by atoms with Crippen LogP contribution < -0.4 is 0 Å². The lowest BCUT2D eigenvalue weighted by atomic mass is 9.56. The van der Waals surface area contributed by atoms with E-state index >= 15 is 0 Å². The first-order valence-electron chi connectivity index (χ1n) is 7.09. The minimum atomic E-state index is -0.376. The molecule has 4 aliphatic rings. The summed E-state index contributed by atoms with van der Waals surface area (Å²) in [5.41, 5.74) is 0.266. The summed E-state index contributed by atoms with van der Waals surface area (Å²) in [4.78, 5) is 12.0. The van der Waals surface area contributed by atoms with Gasteiger partial charge in [0.15, 0.2) is 5.60 Å². The second-order valence-corrected chi connectivity index (χ2v) is 6.83. The number of carbonyl (C=O) groups is 1. The molecule has 2 saturated heterocycles. The number of esters is 1. The van der Waals surface area contributed by atoms with Crippen LogP contribution >= 0.6 is 0 Å². The molecule has 0 unspecified atom stereocenters. The first-order valence-corrected chi connectivity index (χ1v) is 7.09. The Kier molecular flexibility index (Phi) is 1.84. The van der Waals surface area contributed by atoms with Gasteiger partial charge in [-0.3, -0.25) is 0 Å². The summed E-state index contributed by atoms with van der Waals surface area (Å²) in [6.45, 7) is 8.43. The Balaban J connectivity index is 1.83. The van der Waals surface area contributed by atoms with Gasteiger partial charge in [0.05, 0.1) is 5.60 Å². The lowest BCUT2D eigenvalue weighted by Gasteiger charge is -2.49. The Hall–Kier alpha value is -0.830. The second-order valence-electron chi connectivity index (χ2n) is 6.83. The van der Waals surface area contributed by atoms with Gasteiger partial charge in [-0.2, -0.15) is 0 Å². The van der Waals surface area contributed by atoms with E-state index in [1.165, 1.54) is 6.42 Å². The van der Waals surface area contributed by atoms with Crippen LogP contribution in [0, 0.1) is 17.8 Å². The smallest absolute Gasteiger partial charge is 0.334 e. The van der Waals surface area contributed by atoms with Crippen molar-refractivity contribution in [3.63, 3.8) is 0 Å². The first-order chi connectivity index (χ1) is 8.49. The van der Waals surface area contributed by atoms with Crippen molar-refractivity contribution in [1.82, 2.24) is 0 Å². The van der Waals surface area contributed by atoms with Crippen LogP contribution in [0.5, 0.6) is 0 Å². The normalized spacial score (nSPS) is 57.4. The van der Waals surface area contributed by atoms with Crippen LogP contribution in [-0.4, -0.2) is 23.3 Å². The van der Waals surface area contributed by atoms with Crippen molar-refractivity contribution in [3.8, 4) is 0 Å². The van der Waals surface area contributed by atoms with Gasteiger partial charge in [0.1, 0.15) is 6.10 Å². The molecular weight excluding hydrogens is 228 g/mol. The van der Waals surface area contributed by atoms with E-state index in [9.17, 15) is 4.79 Å². The Morgan fingerprint density at radius 1 is 1.33 bits per heavy atom. The lowest BCUT2D eigenvalue weighted by molar-refractivity contribution is -0.168. The highest BCUT2D eigenvalue weighted by Crippen LogP contribution is 2.66. The molecule has 0 amide bonds. The maximum Gasteiger partial charge on any atom is 0.334 e. The molecule has 2 saturated carbocycles. The standard InChI is InChI=1S/C15H20O3/c1-8-4-5-11-9(2)12(16)17-15(11)10(8)6-7-14(3)13(15)18-14/h8,10-11,13H,2,4-7H2,1,3H3/t8-,10+,11+,13+,14+,15-/m1/s1. The van der Waals surface area contributed by atoms with Crippen molar-refractivity contribution in [2.75, 3.05) is 0 Å². The molecule has 4 rings (SSSR count). The van der Waals surface area contributed by atoms with Gasteiger partial charge in [0.2, 0.25) is 0 Å². The fourth-order valence-corrected chi connectivity index (χ4v) is 4.90. The molecule has 1 spiro atoms. The van der Waals surface area contributed by atoms with Crippen LogP contribution in [0.4, 0.5) is 0 Å². The van der Waals surface area contributed by atoms with Crippen molar-refractivity contribution in [2.24, 2.45) is 17.8 Å². The third-order valence-electron chi connectivity index (χ3n) is 5.92. The molecule has 0 radical (unpaired) electrons. The second kappa shape index (κ2) is 3.01. The lowest BCUT2D eigenvalue weighted by Crippen LogP contribution is -2.57. The van der Waals surface area contributed by atoms with Gasteiger partial charge < -0.3 is 9.47 Å². The van der Waals surface area contributed by atoms with Crippen LogP contribution in [-0.2, 0) is 14.3 Å². The summed E-state index contributed by atoms with van der Waals surface area (Å²) in [6.07, 6.45) is 4.53. The predicted octanol–water partition coefficient (Wildman–Crippen LogP) is 2.45. The SMILES string of the molecule is C=C1C(=O)O[C@]23[C@H]4O[C@@]4(C)CC[C@H]2[C@H](C)CC[C@@H]13. The van der Waals surface area contributed by atoms with Gasteiger partial charge in [-0.25, -0.2) is 4.79 Å². The minimum Gasteiger partial charge on any atom is -0.452 e. The molecule has 2 aliphatic carbocycles. The molecule has 0 N–H and O–H groups in total. The van der Waals surface area contributed by atoms with Crippen molar-refractivity contribution >= 4 is 5.97 Å². The largest absolute Gasteiger partial charge is 0.452 e. The zero-order chi connectivity index (χ0) is 12.7. The molecule has 4 fully saturated rings. The molecule has 2 heterocycles. The van der Waals surface area contributed by atoms with Gasteiger partial charge in [0.25, 0.3) is 0 Å². The summed E-state index contributed by atoms with van der Waals surface area (Å²) < 4.78 is 11.9. The summed E-state index contributed by atoms with van der Waals surface area (Å²) in [6, 6.07) is 0. The number of hydrogen-bond acceptors (Lipinski definition) is 3. The quantitative estimate of drug-likeness (QED) is 0.375. The predicted molar refractivity (Wildman–Crippen MR) is 65.9 cm³/mol. The fourth-order valence-electron chi connectivity index (χ4n) is 4.90. The molecule has 0 bridgehead atoms.